The molecule has 3 rings (SSSR count). The van der Waals surface area contributed by atoms with Gasteiger partial charge in [0.2, 0.25) is 0 Å². The molecule has 2 aromatic rings. The van der Waals surface area contributed by atoms with Crippen LogP contribution in [0.25, 0.3) is 5.69 Å². The third-order valence-corrected chi connectivity index (χ3v) is 5.38. The van der Waals surface area contributed by atoms with E-state index in [9.17, 15) is 19.2 Å². The predicted octanol–water partition coefficient (Wildman–Crippen LogP) is 3.09. The van der Waals surface area contributed by atoms with Crippen LogP contribution in [0, 0.1) is 27.7 Å². The van der Waals surface area contributed by atoms with Crippen LogP contribution in [0.5, 0.6) is 0 Å². The number of urea groups is 1. The minimum absolute atomic E-state index is 0.381. The highest BCUT2D eigenvalue weighted by molar-refractivity contribution is 6.45. The summed E-state index contributed by atoms with van der Waals surface area (Å²) in [6.07, 6.45) is 0. The van der Waals surface area contributed by atoms with E-state index >= 15 is 0 Å². The summed E-state index contributed by atoms with van der Waals surface area (Å²) < 4.78 is 1.97. The summed E-state index contributed by atoms with van der Waals surface area (Å²) >= 11 is 0. The van der Waals surface area contributed by atoms with Crippen LogP contribution in [0.3, 0.4) is 0 Å². The van der Waals surface area contributed by atoms with Gasteiger partial charge in [-0.05, 0) is 70.9 Å². The average Bonchev–Trinajstić information content (AvgIpc) is 3.05. The molecule has 1 saturated heterocycles. The Bertz CT molecular complexity index is 1050. The number of aryl methyl sites for hydroxylation is 3. The molecule has 1 aromatic carbocycles. The molecule has 0 bridgehead atoms. The van der Waals surface area contributed by atoms with Crippen LogP contribution in [-0.2, 0) is 9.59 Å². The lowest BCUT2D eigenvalue weighted by molar-refractivity contribution is -0.143. The van der Waals surface area contributed by atoms with E-state index in [0.717, 1.165) is 32.4 Å². The number of carbonyl (C=O) groups excluding carboxylic acids is 4. The summed E-state index contributed by atoms with van der Waals surface area (Å²) in [7, 11) is 0. The fourth-order valence-corrected chi connectivity index (χ4v) is 3.65. The first-order valence-corrected chi connectivity index (χ1v) is 9.53. The van der Waals surface area contributed by atoms with Gasteiger partial charge in [0.05, 0.1) is 6.54 Å². The van der Waals surface area contributed by atoms with Gasteiger partial charge in [0.15, 0.2) is 5.78 Å². The van der Waals surface area contributed by atoms with E-state index in [1.54, 1.807) is 19.9 Å². The first-order chi connectivity index (χ1) is 13.5. The van der Waals surface area contributed by atoms with E-state index in [1.165, 1.54) is 5.56 Å². The highest BCUT2D eigenvalue weighted by Gasteiger charge is 2.46. The molecule has 0 radical (unpaired) electrons. The van der Waals surface area contributed by atoms with Crippen molar-refractivity contribution in [2.75, 3.05) is 6.54 Å². The van der Waals surface area contributed by atoms with Gasteiger partial charge in [-0.3, -0.25) is 19.3 Å². The Morgan fingerprint density at radius 1 is 0.931 bits per heavy atom. The van der Waals surface area contributed by atoms with Gasteiger partial charge in [-0.15, -0.1) is 0 Å². The molecule has 2 heterocycles. The topological polar surface area (TPSA) is 79.7 Å². The van der Waals surface area contributed by atoms with Crippen LogP contribution in [0.15, 0.2) is 24.3 Å². The predicted molar refractivity (Wildman–Crippen MR) is 108 cm³/mol. The Balaban J connectivity index is 1.91. The summed E-state index contributed by atoms with van der Waals surface area (Å²) in [5.41, 5.74) is 5.28. The van der Waals surface area contributed by atoms with Gasteiger partial charge >= 0.3 is 17.8 Å². The van der Waals surface area contributed by atoms with E-state index in [1.807, 2.05) is 44.4 Å². The second kappa shape index (κ2) is 7.31. The van der Waals surface area contributed by atoms with Crippen LogP contribution in [0.4, 0.5) is 4.79 Å². The molecule has 4 amide bonds. The Hall–Kier alpha value is -3.22. The first-order valence-electron chi connectivity index (χ1n) is 9.53. The molecule has 0 saturated carbocycles. The molecule has 7 nitrogen and oxygen atoms in total. The van der Waals surface area contributed by atoms with Crippen molar-refractivity contribution in [1.82, 2.24) is 14.4 Å². The number of nitrogens with zero attached hydrogens (tertiary/aromatic N) is 3. The molecule has 29 heavy (non-hydrogen) atoms. The first kappa shape index (κ1) is 20.5. The Morgan fingerprint density at radius 2 is 1.59 bits per heavy atom. The lowest BCUT2D eigenvalue weighted by atomic mass is 10.1. The number of benzene rings is 1. The fraction of sp³-hybridized carbons (Fsp3) is 0.364. The minimum Gasteiger partial charge on any atom is -0.318 e. The third kappa shape index (κ3) is 3.37. The van der Waals surface area contributed by atoms with E-state index < -0.39 is 30.4 Å². The molecule has 0 aliphatic carbocycles. The normalized spacial score (nSPS) is 14.5. The molecule has 152 valence electrons. The molecule has 0 N–H and O–H groups in total. The number of hydrogen-bond acceptors (Lipinski definition) is 4. The standard InChI is InChI=1S/C22H25N3O4/c1-12(2)24-21(28)20(27)23(22(24)29)11-19(26)18-10-15(5)25(16(18)6)17-8-7-13(3)14(4)9-17/h7-10,12H,11H2,1-6H3. The van der Waals surface area contributed by atoms with E-state index in [2.05, 4.69) is 6.07 Å². The van der Waals surface area contributed by atoms with E-state index in [-0.39, 0.29) is 5.78 Å². The number of carbonyl (C=O) groups is 4. The number of ketones is 1. The number of hydrogen-bond donors (Lipinski definition) is 0. The maximum Gasteiger partial charge on any atom is 0.334 e. The molecular formula is C22H25N3O4. The lowest BCUT2D eigenvalue weighted by Gasteiger charge is -2.18. The highest BCUT2D eigenvalue weighted by Crippen LogP contribution is 2.24. The van der Waals surface area contributed by atoms with Crippen LogP contribution >= 0.6 is 0 Å². The third-order valence-electron chi connectivity index (χ3n) is 5.38. The number of rotatable bonds is 5. The largest absolute Gasteiger partial charge is 0.334 e. The second-order valence-corrected chi connectivity index (χ2v) is 7.75. The zero-order chi connectivity index (χ0) is 21.6. The Labute approximate surface area is 169 Å². The van der Waals surface area contributed by atoms with Crippen LogP contribution < -0.4 is 0 Å². The van der Waals surface area contributed by atoms with Crippen LogP contribution in [0.2, 0.25) is 0 Å². The summed E-state index contributed by atoms with van der Waals surface area (Å²) in [4.78, 5) is 51.2. The van der Waals surface area contributed by atoms with Crippen LogP contribution in [-0.4, -0.2) is 50.6 Å². The molecular weight excluding hydrogens is 370 g/mol. The van der Waals surface area contributed by atoms with Crippen molar-refractivity contribution in [2.45, 2.75) is 47.6 Å². The molecule has 7 heteroatoms. The number of aromatic nitrogens is 1. The lowest BCUT2D eigenvalue weighted by Crippen LogP contribution is -2.39. The highest BCUT2D eigenvalue weighted by atomic mass is 16.2. The van der Waals surface area contributed by atoms with E-state index in [0.29, 0.717) is 5.56 Å². The van der Waals surface area contributed by atoms with Gasteiger partial charge in [0.1, 0.15) is 0 Å². The summed E-state index contributed by atoms with van der Waals surface area (Å²) in [6.45, 7) is 10.6. The summed E-state index contributed by atoms with van der Waals surface area (Å²) in [5.74, 6) is -2.23. The average molecular weight is 395 g/mol. The van der Waals surface area contributed by atoms with E-state index in [4.69, 9.17) is 0 Å². The molecule has 1 aliphatic heterocycles. The summed E-state index contributed by atoms with van der Waals surface area (Å²) in [6, 6.07) is 6.62. The van der Waals surface area contributed by atoms with Crippen molar-refractivity contribution in [2.24, 2.45) is 0 Å². The van der Waals surface area contributed by atoms with Gasteiger partial charge in [-0.2, -0.15) is 0 Å². The maximum absolute atomic E-state index is 12.9. The number of Topliss-reactive ketones (excluding diaryl/α,β-unsaturated/α-hetero) is 1. The van der Waals surface area contributed by atoms with Gasteiger partial charge in [-0.25, -0.2) is 9.69 Å². The van der Waals surface area contributed by atoms with Gasteiger partial charge in [-0.1, -0.05) is 6.07 Å². The van der Waals surface area contributed by atoms with Gasteiger partial charge in [0.25, 0.3) is 0 Å². The fourth-order valence-electron chi connectivity index (χ4n) is 3.65. The zero-order valence-corrected chi connectivity index (χ0v) is 17.6. The van der Waals surface area contributed by atoms with Crippen molar-refractivity contribution >= 4 is 23.6 Å². The quantitative estimate of drug-likeness (QED) is 0.443. The Kier molecular flexibility index (Phi) is 5.17. The zero-order valence-electron chi connectivity index (χ0n) is 17.6. The molecule has 0 atom stereocenters. The van der Waals surface area contributed by atoms with Crippen molar-refractivity contribution in [3.05, 3.63) is 52.3 Å². The van der Waals surface area contributed by atoms with Gasteiger partial charge < -0.3 is 4.57 Å². The number of imide groups is 2. The Morgan fingerprint density at radius 3 is 2.14 bits per heavy atom. The van der Waals surface area contributed by atoms with Crippen LogP contribution in [0.1, 0.15) is 46.7 Å². The summed E-state index contributed by atoms with van der Waals surface area (Å²) in [5, 5.41) is 0. The SMILES string of the molecule is Cc1ccc(-n2c(C)cc(C(=O)CN3C(=O)C(=O)N(C(C)C)C3=O)c2C)cc1C. The second-order valence-electron chi connectivity index (χ2n) is 7.75. The van der Waals surface area contributed by atoms with Gasteiger partial charge in [0, 0.05) is 28.7 Å². The minimum atomic E-state index is -0.958. The molecule has 1 aliphatic rings. The van der Waals surface area contributed by atoms with Crippen molar-refractivity contribution < 1.29 is 19.2 Å². The molecule has 1 fully saturated rings. The smallest absolute Gasteiger partial charge is 0.318 e. The van der Waals surface area contributed by atoms with Crippen molar-refractivity contribution in [3.8, 4) is 5.69 Å². The monoisotopic (exact) mass is 395 g/mol. The van der Waals surface area contributed by atoms with Crippen molar-refractivity contribution in [3.63, 3.8) is 0 Å². The maximum atomic E-state index is 12.9. The molecule has 0 unspecified atom stereocenters. The molecule has 0 spiro atoms. The molecule has 1 aromatic heterocycles. The van der Waals surface area contributed by atoms with Crippen molar-refractivity contribution in [1.29, 1.82) is 0 Å². The number of amides is 4.